The molecular weight excluding hydrogens is 276 g/mol. The quantitative estimate of drug-likeness (QED) is 0.870. The van der Waals surface area contributed by atoms with Gasteiger partial charge < -0.3 is 4.74 Å². The zero-order valence-corrected chi connectivity index (χ0v) is 12.4. The number of nitrogens with zero attached hydrogens (tertiary/aromatic N) is 1. The van der Waals surface area contributed by atoms with E-state index in [0.717, 1.165) is 37.0 Å². The van der Waals surface area contributed by atoms with Crippen LogP contribution >= 0.6 is 0 Å². The van der Waals surface area contributed by atoms with Crippen LogP contribution in [0, 0.1) is 6.92 Å². The molecule has 0 unspecified atom stereocenters. The molecule has 1 aliphatic rings. The van der Waals surface area contributed by atoms with Crippen molar-refractivity contribution in [1.82, 2.24) is 4.83 Å². The molecule has 2 rings (SSSR count). The van der Waals surface area contributed by atoms with Crippen molar-refractivity contribution in [2.45, 2.75) is 37.5 Å². The molecule has 0 saturated carbocycles. The maximum Gasteiger partial charge on any atom is 0.276 e. The molecule has 0 amide bonds. The third-order valence-corrected chi connectivity index (χ3v) is 4.39. The lowest BCUT2D eigenvalue weighted by Gasteiger charge is -2.12. The van der Waals surface area contributed by atoms with Crippen molar-refractivity contribution in [3.8, 4) is 0 Å². The summed E-state index contributed by atoms with van der Waals surface area (Å²) in [6.45, 7) is 3.34. The van der Waals surface area contributed by atoms with Crippen molar-refractivity contribution in [2.75, 3.05) is 13.2 Å². The first-order chi connectivity index (χ1) is 9.58. The van der Waals surface area contributed by atoms with Gasteiger partial charge in [-0.3, -0.25) is 0 Å². The van der Waals surface area contributed by atoms with Gasteiger partial charge in [0.2, 0.25) is 0 Å². The van der Waals surface area contributed by atoms with E-state index in [1.165, 1.54) is 0 Å². The highest BCUT2D eigenvalue weighted by Gasteiger charge is 2.13. The van der Waals surface area contributed by atoms with E-state index in [-0.39, 0.29) is 4.90 Å². The van der Waals surface area contributed by atoms with Gasteiger partial charge in [-0.1, -0.05) is 17.7 Å². The van der Waals surface area contributed by atoms with Gasteiger partial charge in [-0.15, -0.1) is 0 Å². The van der Waals surface area contributed by atoms with E-state index < -0.39 is 10.0 Å². The smallest absolute Gasteiger partial charge is 0.276 e. The normalized spacial score (nSPS) is 17.1. The van der Waals surface area contributed by atoms with Gasteiger partial charge >= 0.3 is 0 Å². The van der Waals surface area contributed by atoms with Crippen molar-refractivity contribution in [3.63, 3.8) is 0 Å². The van der Waals surface area contributed by atoms with Gasteiger partial charge in [0.05, 0.1) is 4.90 Å². The molecule has 0 aliphatic carbocycles. The van der Waals surface area contributed by atoms with Crippen LogP contribution in [0.4, 0.5) is 0 Å². The van der Waals surface area contributed by atoms with Crippen LogP contribution in [-0.2, 0) is 14.8 Å². The van der Waals surface area contributed by atoms with E-state index in [0.29, 0.717) is 13.2 Å². The van der Waals surface area contributed by atoms with Crippen molar-refractivity contribution in [1.29, 1.82) is 0 Å². The number of hydrogen-bond acceptors (Lipinski definition) is 4. The Labute approximate surface area is 120 Å². The molecule has 1 aromatic rings. The molecule has 20 heavy (non-hydrogen) atoms. The van der Waals surface area contributed by atoms with Crippen molar-refractivity contribution in [2.24, 2.45) is 5.10 Å². The molecule has 1 saturated heterocycles. The molecule has 110 valence electrons. The predicted molar refractivity (Wildman–Crippen MR) is 78.2 cm³/mol. The fraction of sp³-hybridized carbons (Fsp3) is 0.500. The molecule has 0 bridgehead atoms. The summed E-state index contributed by atoms with van der Waals surface area (Å²) >= 11 is 0. The second kappa shape index (κ2) is 6.85. The Balaban J connectivity index is 2.05. The van der Waals surface area contributed by atoms with Gasteiger partial charge in [-0.2, -0.15) is 13.5 Å². The number of rotatable bonds is 3. The fourth-order valence-electron chi connectivity index (χ4n) is 1.99. The summed E-state index contributed by atoms with van der Waals surface area (Å²) < 4.78 is 29.5. The molecule has 5 nitrogen and oxygen atoms in total. The monoisotopic (exact) mass is 296 g/mol. The number of ether oxygens (including phenoxy) is 1. The summed E-state index contributed by atoms with van der Waals surface area (Å²) in [6, 6.07) is 6.72. The summed E-state index contributed by atoms with van der Waals surface area (Å²) in [4.78, 5) is 2.57. The van der Waals surface area contributed by atoms with Gasteiger partial charge in [-0.05, 0) is 44.7 Å². The first kappa shape index (κ1) is 15.0. The summed E-state index contributed by atoms with van der Waals surface area (Å²) in [5.41, 5.74) is 1.92. The van der Waals surface area contributed by atoms with Crippen molar-refractivity contribution >= 4 is 15.7 Å². The Morgan fingerprint density at radius 3 is 2.30 bits per heavy atom. The number of nitrogens with one attached hydrogen (secondary N) is 1. The lowest BCUT2D eigenvalue weighted by atomic mass is 10.1. The number of aryl methyl sites for hydroxylation is 1. The number of sulfonamides is 1. The molecule has 1 fully saturated rings. The molecule has 1 aromatic carbocycles. The van der Waals surface area contributed by atoms with Crippen LogP contribution in [0.1, 0.15) is 31.2 Å². The van der Waals surface area contributed by atoms with Gasteiger partial charge in [0.1, 0.15) is 0 Å². The van der Waals surface area contributed by atoms with Crippen LogP contribution in [-0.4, -0.2) is 27.3 Å². The minimum absolute atomic E-state index is 0.238. The largest absolute Gasteiger partial charge is 0.381 e. The van der Waals surface area contributed by atoms with Gasteiger partial charge in [0, 0.05) is 18.9 Å². The topological polar surface area (TPSA) is 67.8 Å². The highest BCUT2D eigenvalue weighted by molar-refractivity contribution is 7.89. The molecule has 0 radical (unpaired) electrons. The maximum atomic E-state index is 12.1. The van der Waals surface area contributed by atoms with E-state index in [1.807, 2.05) is 6.92 Å². The maximum absolute atomic E-state index is 12.1. The molecule has 1 N–H and O–H groups in total. The number of benzene rings is 1. The predicted octanol–water partition coefficient (Wildman–Crippen LogP) is 2.22. The molecular formula is C14H20N2O3S. The first-order valence-corrected chi connectivity index (χ1v) is 8.28. The van der Waals surface area contributed by atoms with Crippen molar-refractivity contribution < 1.29 is 13.2 Å². The first-order valence-electron chi connectivity index (χ1n) is 6.79. The van der Waals surface area contributed by atoms with E-state index in [9.17, 15) is 8.42 Å². The van der Waals surface area contributed by atoms with Crippen LogP contribution < -0.4 is 4.83 Å². The lowest BCUT2D eigenvalue weighted by molar-refractivity contribution is 0.128. The van der Waals surface area contributed by atoms with Gasteiger partial charge in [0.15, 0.2) is 0 Å². The number of hydrogen-bond donors (Lipinski definition) is 1. The van der Waals surface area contributed by atoms with Crippen LogP contribution in [0.2, 0.25) is 0 Å². The standard InChI is InChI=1S/C14H20N2O3S/c1-12-6-8-14(9-7-12)20(17,18)16-15-13-4-2-10-19-11-3-5-13/h6-9,16H,2-5,10-11H2,1H3. The summed E-state index contributed by atoms with van der Waals surface area (Å²) in [7, 11) is -3.57. The third kappa shape index (κ3) is 4.31. The van der Waals surface area contributed by atoms with Gasteiger partial charge in [0.25, 0.3) is 10.0 Å². The average molecular weight is 296 g/mol. The summed E-state index contributed by atoms with van der Waals surface area (Å²) in [6.07, 6.45) is 3.31. The van der Waals surface area contributed by atoms with E-state index in [1.54, 1.807) is 24.3 Å². The van der Waals surface area contributed by atoms with Gasteiger partial charge in [-0.25, -0.2) is 4.83 Å². The van der Waals surface area contributed by atoms with E-state index in [4.69, 9.17) is 4.74 Å². The minimum Gasteiger partial charge on any atom is -0.381 e. The van der Waals surface area contributed by atoms with E-state index >= 15 is 0 Å². The Morgan fingerprint density at radius 2 is 1.70 bits per heavy atom. The van der Waals surface area contributed by atoms with E-state index in [2.05, 4.69) is 9.93 Å². The second-order valence-electron chi connectivity index (χ2n) is 4.91. The zero-order chi connectivity index (χ0) is 14.4. The molecule has 1 heterocycles. The minimum atomic E-state index is -3.57. The number of hydrazone groups is 1. The Kier molecular flexibility index (Phi) is 5.14. The SMILES string of the molecule is Cc1ccc(S(=O)(=O)NN=C2CCCOCCC2)cc1. The average Bonchev–Trinajstić information content (AvgIpc) is 2.38. The Morgan fingerprint density at radius 1 is 1.10 bits per heavy atom. The van der Waals surface area contributed by atoms with Crippen LogP contribution in [0.25, 0.3) is 0 Å². The summed E-state index contributed by atoms with van der Waals surface area (Å²) in [5.74, 6) is 0. The highest BCUT2D eigenvalue weighted by atomic mass is 32.2. The molecule has 0 atom stereocenters. The molecule has 0 spiro atoms. The Hall–Kier alpha value is -1.40. The van der Waals surface area contributed by atoms with Crippen LogP contribution in [0.5, 0.6) is 0 Å². The van der Waals surface area contributed by atoms with Crippen LogP contribution in [0.15, 0.2) is 34.3 Å². The van der Waals surface area contributed by atoms with Crippen molar-refractivity contribution in [3.05, 3.63) is 29.8 Å². The fourth-order valence-corrected chi connectivity index (χ4v) is 2.84. The Bertz CT molecular complexity index is 555. The second-order valence-corrected chi connectivity index (χ2v) is 6.57. The summed E-state index contributed by atoms with van der Waals surface area (Å²) in [5, 5.41) is 4.08. The third-order valence-electron chi connectivity index (χ3n) is 3.16. The lowest BCUT2D eigenvalue weighted by Crippen LogP contribution is -2.21. The zero-order valence-electron chi connectivity index (χ0n) is 11.6. The highest BCUT2D eigenvalue weighted by Crippen LogP contribution is 2.11. The van der Waals surface area contributed by atoms with Crippen LogP contribution in [0.3, 0.4) is 0 Å². The molecule has 0 aromatic heterocycles. The molecule has 6 heteroatoms. The molecule has 1 aliphatic heterocycles.